The van der Waals surface area contributed by atoms with E-state index in [9.17, 15) is 4.79 Å². The van der Waals surface area contributed by atoms with Crippen LogP contribution in [0.15, 0.2) is 24.3 Å². The molecule has 1 amide bonds. The number of carbonyl (C=O) groups is 1. The number of benzene rings is 1. The van der Waals surface area contributed by atoms with Gasteiger partial charge in [0.1, 0.15) is 5.75 Å². The summed E-state index contributed by atoms with van der Waals surface area (Å²) >= 11 is 5.90. The molecule has 1 saturated heterocycles. The van der Waals surface area contributed by atoms with E-state index in [4.69, 9.17) is 21.1 Å². The van der Waals surface area contributed by atoms with E-state index in [0.717, 1.165) is 11.3 Å². The minimum atomic E-state index is -0.416. The molecule has 1 aromatic rings. The third kappa shape index (κ3) is 2.42. The fraction of sp³-hybridized carbons (Fsp3) is 0.500. The Hall–Kier alpha value is -1.26. The van der Waals surface area contributed by atoms with Crippen LogP contribution in [-0.2, 0) is 16.0 Å². The zero-order chi connectivity index (χ0) is 13.2. The van der Waals surface area contributed by atoms with Crippen LogP contribution in [-0.4, -0.2) is 48.6 Å². The van der Waals surface area contributed by atoms with Gasteiger partial charge in [0, 0.05) is 18.8 Å². The number of ether oxygens (including phenoxy) is 2. The lowest BCUT2D eigenvalue weighted by Crippen LogP contribution is -2.53. The summed E-state index contributed by atoms with van der Waals surface area (Å²) in [6, 6.07) is 7.74. The lowest BCUT2D eigenvalue weighted by atomic mass is 10.1. The summed E-state index contributed by atoms with van der Waals surface area (Å²) in [6.07, 6.45) is 0.225. The number of rotatable bonds is 2. The average molecular weight is 282 g/mol. The van der Waals surface area contributed by atoms with Crippen molar-refractivity contribution < 1.29 is 14.3 Å². The topological polar surface area (TPSA) is 38.8 Å². The fourth-order valence-electron chi connectivity index (χ4n) is 2.58. The highest BCUT2D eigenvalue weighted by Gasteiger charge is 2.36. The molecule has 1 aromatic carbocycles. The second kappa shape index (κ2) is 5.39. The molecular weight excluding hydrogens is 266 g/mol. The van der Waals surface area contributed by atoms with Crippen molar-refractivity contribution in [3.05, 3.63) is 29.8 Å². The molecule has 102 valence electrons. The minimum absolute atomic E-state index is 0.0187. The quantitative estimate of drug-likeness (QED) is 0.771. The SMILES string of the molecule is O=C(C1Cc2ccccc2O1)N1CCOCC1CCl. The van der Waals surface area contributed by atoms with E-state index in [0.29, 0.717) is 32.1 Å². The van der Waals surface area contributed by atoms with E-state index in [2.05, 4.69) is 0 Å². The van der Waals surface area contributed by atoms with Gasteiger partial charge in [0.05, 0.1) is 19.3 Å². The Balaban J connectivity index is 1.72. The van der Waals surface area contributed by atoms with Crippen molar-refractivity contribution in [1.29, 1.82) is 0 Å². The van der Waals surface area contributed by atoms with Crippen molar-refractivity contribution in [1.82, 2.24) is 4.90 Å². The van der Waals surface area contributed by atoms with E-state index in [-0.39, 0.29) is 11.9 Å². The van der Waals surface area contributed by atoms with Crippen LogP contribution in [0, 0.1) is 0 Å². The number of para-hydroxylation sites is 1. The summed E-state index contributed by atoms with van der Waals surface area (Å²) in [4.78, 5) is 14.3. The third-order valence-corrected chi connectivity index (χ3v) is 3.97. The molecule has 1 fully saturated rings. The predicted molar refractivity (Wildman–Crippen MR) is 71.6 cm³/mol. The average Bonchev–Trinajstić information content (AvgIpc) is 2.90. The van der Waals surface area contributed by atoms with E-state index < -0.39 is 6.10 Å². The van der Waals surface area contributed by atoms with Crippen LogP contribution >= 0.6 is 11.6 Å². The Bertz CT molecular complexity index is 455. The van der Waals surface area contributed by atoms with Gasteiger partial charge in [-0.2, -0.15) is 0 Å². The molecule has 2 unspecified atom stereocenters. The van der Waals surface area contributed by atoms with Crippen molar-refractivity contribution >= 4 is 17.5 Å². The molecule has 0 N–H and O–H groups in total. The van der Waals surface area contributed by atoms with E-state index >= 15 is 0 Å². The first kappa shape index (κ1) is 12.8. The van der Waals surface area contributed by atoms with Crippen LogP contribution in [0.2, 0.25) is 0 Å². The summed E-state index contributed by atoms with van der Waals surface area (Å²) in [7, 11) is 0. The van der Waals surface area contributed by atoms with Crippen molar-refractivity contribution in [3.63, 3.8) is 0 Å². The van der Waals surface area contributed by atoms with Crippen molar-refractivity contribution in [3.8, 4) is 5.75 Å². The zero-order valence-electron chi connectivity index (χ0n) is 10.5. The molecule has 2 heterocycles. The lowest BCUT2D eigenvalue weighted by molar-refractivity contribution is -0.145. The highest BCUT2D eigenvalue weighted by molar-refractivity contribution is 6.18. The molecular formula is C14H16ClNO3. The molecule has 0 saturated carbocycles. The summed E-state index contributed by atoms with van der Waals surface area (Å²) < 4.78 is 11.1. The molecule has 2 aliphatic heterocycles. The fourth-order valence-corrected chi connectivity index (χ4v) is 2.83. The van der Waals surface area contributed by atoms with Crippen molar-refractivity contribution in [2.75, 3.05) is 25.6 Å². The maximum atomic E-state index is 12.5. The van der Waals surface area contributed by atoms with Gasteiger partial charge in [-0.25, -0.2) is 0 Å². The van der Waals surface area contributed by atoms with Gasteiger partial charge in [-0.15, -0.1) is 11.6 Å². The van der Waals surface area contributed by atoms with Gasteiger partial charge in [-0.1, -0.05) is 18.2 Å². The molecule has 0 aromatic heterocycles. The van der Waals surface area contributed by atoms with E-state index in [1.54, 1.807) is 4.90 Å². The summed E-state index contributed by atoms with van der Waals surface area (Å²) in [5.41, 5.74) is 1.09. The van der Waals surface area contributed by atoms with Crippen LogP contribution in [0.25, 0.3) is 0 Å². The standard InChI is InChI=1S/C14H16ClNO3/c15-8-11-9-18-6-5-16(11)14(17)13-7-10-3-1-2-4-12(10)19-13/h1-4,11,13H,5-9H2. The van der Waals surface area contributed by atoms with E-state index in [1.165, 1.54) is 0 Å². The number of morpholine rings is 1. The highest BCUT2D eigenvalue weighted by atomic mass is 35.5. The van der Waals surface area contributed by atoms with Crippen molar-refractivity contribution in [2.45, 2.75) is 18.6 Å². The molecule has 4 nitrogen and oxygen atoms in total. The van der Waals surface area contributed by atoms with Gasteiger partial charge in [-0.05, 0) is 11.6 Å². The van der Waals surface area contributed by atoms with Gasteiger partial charge in [-0.3, -0.25) is 4.79 Å². The third-order valence-electron chi connectivity index (χ3n) is 3.61. The summed E-state index contributed by atoms with van der Waals surface area (Å²) in [5.74, 6) is 1.23. The number of nitrogens with zero attached hydrogens (tertiary/aromatic N) is 1. The van der Waals surface area contributed by atoms with Gasteiger partial charge in [0.2, 0.25) is 0 Å². The maximum absolute atomic E-state index is 12.5. The van der Waals surface area contributed by atoms with Crippen LogP contribution in [0.5, 0.6) is 5.75 Å². The predicted octanol–water partition coefficient (Wildman–Crippen LogP) is 1.46. The summed E-state index contributed by atoms with van der Waals surface area (Å²) in [6.45, 7) is 1.67. The normalized spacial score (nSPS) is 25.8. The molecule has 3 rings (SSSR count). The largest absolute Gasteiger partial charge is 0.480 e. The first-order chi connectivity index (χ1) is 9.29. The minimum Gasteiger partial charge on any atom is -0.480 e. The number of fused-ring (bicyclic) bond motifs is 1. The monoisotopic (exact) mass is 281 g/mol. The van der Waals surface area contributed by atoms with Gasteiger partial charge in [0.25, 0.3) is 5.91 Å². The van der Waals surface area contributed by atoms with E-state index in [1.807, 2.05) is 24.3 Å². The second-order valence-corrected chi connectivity index (χ2v) is 5.14. The number of halogens is 1. The zero-order valence-corrected chi connectivity index (χ0v) is 11.3. The Kier molecular flexibility index (Phi) is 3.62. The molecule has 2 aliphatic rings. The summed E-state index contributed by atoms with van der Waals surface area (Å²) in [5, 5.41) is 0. The number of amides is 1. The molecule has 2 atom stereocenters. The Morgan fingerprint density at radius 1 is 1.42 bits per heavy atom. The van der Waals surface area contributed by atoms with Crippen LogP contribution < -0.4 is 4.74 Å². The maximum Gasteiger partial charge on any atom is 0.264 e. The highest BCUT2D eigenvalue weighted by Crippen LogP contribution is 2.29. The number of alkyl halides is 1. The smallest absolute Gasteiger partial charge is 0.264 e. The second-order valence-electron chi connectivity index (χ2n) is 4.83. The molecule has 19 heavy (non-hydrogen) atoms. The number of hydrogen-bond donors (Lipinski definition) is 0. The Morgan fingerprint density at radius 2 is 2.26 bits per heavy atom. The number of hydrogen-bond acceptors (Lipinski definition) is 3. The molecule has 0 aliphatic carbocycles. The van der Waals surface area contributed by atoms with Gasteiger partial charge >= 0.3 is 0 Å². The van der Waals surface area contributed by atoms with Gasteiger partial charge < -0.3 is 14.4 Å². The number of carbonyl (C=O) groups excluding carboxylic acids is 1. The Morgan fingerprint density at radius 3 is 3.05 bits per heavy atom. The van der Waals surface area contributed by atoms with Crippen LogP contribution in [0.1, 0.15) is 5.56 Å². The van der Waals surface area contributed by atoms with Crippen LogP contribution in [0.4, 0.5) is 0 Å². The lowest BCUT2D eigenvalue weighted by Gasteiger charge is -2.35. The first-order valence-electron chi connectivity index (χ1n) is 6.48. The van der Waals surface area contributed by atoms with Crippen LogP contribution in [0.3, 0.4) is 0 Å². The molecule has 0 radical (unpaired) electrons. The van der Waals surface area contributed by atoms with Crippen molar-refractivity contribution in [2.24, 2.45) is 0 Å². The first-order valence-corrected chi connectivity index (χ1v) is 7.02. The molecule has 0 spiro atoms. The Labute approximate surface area is 117 Å². The molecule has 5 heteroatoms. The van der Waals surface area contributed by atoms with Gasteiger partial charge in [0.15, 0.2) is 6.10 Å². The molecule has 0 bridgehead atoms.